The zero-order valence-electron chi connectivity index (χ0n) is 14.5. The van der Waals surface area contributed by atoms with Crippen molar-refractivity contribution in [3.05, 3.63) is 29.8 Å². The van der Waals surface area contributed by atoms with Crippen LogP contribution in [-0.2, 0) is 4.79 Å². The molecule has 6 heteroatoms. The van der Waals surface area contributed by atoms with Crippen LogP contribution in [0.5, 0.6) is 5.75 Å². The third-order valence-corrected chi connectivity index (χ3v) is 3.12. The molecule has 0 heterocycles. The Morgan fingerprint density at radius 1 is 1.22 bits per heavy atom. The summed E-state index contributed by atoms with van der Waals surface area (Å²) in [6.07, 6.45) is 3.25. The number of hydrogen-bond donors (Lipinski definition) is 2. The first-order valence-electron chi connectivity index (χ1n) is 7.66. The summed E-state index contributed by atoms with van der Waals surface area (Å²) in [6, 6.07) is 5.51. The van der Waals surface area contributed by atoms with Gasteiger partial charge in [-0.05, 0) is 52.0 Å². The molecule has 0 radical (unpaired) electrons. The van der Waals surface area contributed by atoms with E-state index in [9.17, 15) is 4.79 Å². The summed E-state index contributed by atoms with van der Waals surface area (Å²) in [5.41, 5.74) is 7.41. The molecule has 0 aliphatic rings. The topological polar surface area (TPSA) is 70.8 Å². The van der Waals surface area contributed by atoms with E-state index >= 15 is 0 Å². The van der Waals surface area contributed by atoms with E-state index in [0.717, 1.165) is 18.7 Å². The fraction of sp³-hybridized carbons (Fsp3) is 0.471. The van der Waals surface area contributed by atoms with Crippen molar-refractivity contribution in [2.45, 2.75) is 0 Å². The Balaban J connectivity index is 2.50. The first kappa shape index (κ1) is 19.0. The molecular formula is C17H28N4O2. The summed E-state index contributed by atoms with van der Waals surface area (Å²) in [7, 11) is 7.91. The molecule has 1 aromatic carbocycles. The highest BCUT2D eigenvalue weighted by Gasteiger charge is 2.02. The second-order valence-corrected chi connectivity index (χ2v) is 5.88. The van der Waals surface area contributed by atoms with Gasteiger partial charge in [0.1, 0.15) is 12.4 Å². The van der Waals surface area contributed by atoms with Gasteiger partial charge in [-0.25, -0.2) is 0 Å². The summed E-state index contributed by atoms with van der Waals surface area (Å²) in [5.74, 6) is 0.552. The van der Waals surface area contributed by atoms with Gasteiger partial charge in [0.15, 0.2) is 0 Å². The Morgan fingerprint density at radius 2 is 1.91 bits per heavy atom. The van der Waals surface area contributed by atoms with Gasteiger partial charge in [-0.15, -0.1) is 0 Å². The lowest BCUT2D eigenvalue weighted by atomic mass is 10.1. The Morgan fingerprint density at radius 3 is 2.52 bits per heavy atom. The molecule has 1 rings (SSSR count). The van der Waals surface area contributed by atoms with Crippen molar-refractivity contribution in [2.75, 3.05) is 60.2 Å². The predicted molar refractivity (Wildman–Crippen MR) is 95.5 cm³/mol. The molecule has 23 heavy (non-hydrogen) atoms. The number of amides is 1. The molecule has 128 valence electrons. The van der Waals surface area contributed by atoms with Crippen molar-refractivity contribution in [3.63, 3.8) is 0 Å². The third kappa shape index (κ3) is 8.23. The van der Waals surface area contributed by atoms with E-state index in [2.05, 4.69) is 5.32 Å². The highest BCUT2D eigenvalue weighted by Crippen LogP contribution is 2.23. The first-order valence-corrected chi connectivity index (χ1v) is 7.66. The van der Waals surface area contributed by atoms with Gasteiger partial charge in [-0.3, -0.25) is 4.79 Å². The Kier molecular flexibility index (Phi) is 8.15. The molecule has 0 saturated carbocycles. The van der Waals surface area contributed by atoms with Crippen LogP contribution in [-0.4, -0.2) is 70.1 Å². The number of hydrogen-bond acceptors (Lipinski definition) is 5. The molecule has 0 aliphatic carbocycles. The lowest BCUT2D eigenvalue weighted by Crippen LogP contribution is -2.30. The van der Waals surface area contributed by atoms with Crippen molar-refractivity contribution >= 4 is 17.7 Å². The molecule has 1 amide bonds. The number of benzene rings is 1. The van der Waals surface area contributed by atoms with Gasteiger partial charge in [0.25, 0.3) is 0 Å². The number of nitrogens with zero attached hydrogens (tertiary/aromatic N) is 2. The van der Waals surface area contributed by atoms with Gasteiger partial charge < -0.3 is 25.6 Å². The summed E-state index contributed by atoms with van der Waals surface area (Å²) >= 11 is 0. The van der Waals surface area contributed by atoms with Crippen LogP contribution >= 0.6 is 0 Å². The molecule has 0 bridgehead atoms. The average molecular weight is 320 g/mol. The first-order chi connectivity index (χ1) is 10.9. The monoisotopic (exact) mass is 320 g/mol. The maximum absolute atomic E-state index is 11.7. The summed E-state index contributed by atoms with van der Waals surface area (Å²) in [5, 5.41) is 2.82. The van der Waals surface area contributed by atoms with Gasteiger partial charge in [0.05, 0.1) is 5.69 Å². The molecule has 0 atom stereocenters. The van der Waals surface area contributed by atoms with Gasteiger partial charge in [0.2, 0.25) is 5.91 Å². The average Bonchev–Trinajstić information content (AvgIpc) is 2.46. The van der Waals surface area contributed by atoms with E-state index in [1.54, 1.807) is 12.1 Å². The molecule has 0 saturated heterocycles. The summed E-state index contributed by atoms with van der Waals surface area (Å²) in [4.78, 5) is 15.7. The minimum absolute atomic E-state index is 0.114. The smallest absolute Gasteiger partial charge is 0.244 e. The molecule has 3 N–H and O–H groups in total. The number of nitrogen functional groups attached to an aromatic ring is 1. The van der Waals surface area contributed by atoms with Crippen LogP contribution in [0.1, 0.15) is 5.56 Å². The normalized spacial score (nSPS) is 11.4. The molecule has 1 aromatic rings. The predicted octanol–water partition coefficient (Wildman–Crippen LogP) is 0.900. The Hall–Kier alpha value is -2.05. The zero-order valence-corrected chi connectivity index (χ0v) is 14.5. The lowest BCUT2D eigenvalue weighted by molar-refractivity contribution is -0.116. The molecule has 0 spiro atoms. The van der Waals surface area contributed by atoms with Crippen LogP contribution in [0.2, 0.25) is 0 Å². The van der Waals surface area contributed by atoms with Crippen molar-refractivity contribution in [2.24, 2.45) is 0 Å². The van der Waals surface area contributed by atoms with E-state index in [0.29, 0.717) is 24.6 Å². The van der Waals surface area contributed by atoms with Crippen molar-refractivity contribution in [1.82, 2.24) is 15.1 Å². The maximum atomic E-state index is 11.7. The van der Waals surface area contributed by atoms with Gasteiger partial charge in [-0.2, -0.15) is 0 Å². The Bertz CT molecular complexity index is 527. The molecule has 0 aromatic heterocycles. The lowest BCUT2D eigenvalue weighted by Gasteiger charge is -2.12. The zero-order chi connectivity index (χ0) is 17.2. The molecular weight excluding hydrogens is 292 g/mol. The quantitative estimate of drug-likeness (QED) is 0.522. The number of rotatable bonds is 9. The number of nitrogens with two attached hydrogens (primary N) is 1. The summed E-state index contributed by atoms with van der Waals surface area (Å²) in [6.45, 7) is 2.84. The largest absolute Gasteiger partial charge is 0.490 e. The van der Waals surface area contributed by atoms with E-state index in [1.165, 1.54) is 6.08 Å². The molecule has 0 unspecified atom stereocenters. The van der Waals surface area contributed by atoms with Crippen LogP contribution < -0.4 is 15.8 Å². The van der Waals surface area contributed by atoms with E-state index < -0.39 is 0 Å². The van der Waals surface area contributed by atoms with Crippen LogP contribution in [0, 0.1) is 0 Å². The van der Waals surface area contributed by atoms with Crippen molar-refractivity contribution < 1.29 is 9.53 Å². The number of nitrogens with one attached hydrogen (secondary N) is 1. The van der Waals surface area contributed by atoms with E-state index in [-0.39, 0.29) is 5.91 Å². The Labute approximate surface area is 138 Å². The standard InChI is InChI=1S/C17H28N4O2/c1-20(2)10-9-19-17(22)8-6-14-5-7-16(15(18)13-14)23-12-11-21(3)4/h5-8,13H,9-12,18H2,1-4H3,(H,19,22)/b8-6-. The van der Waals surface area contributed by atoms with Crippen LogP contribution in [0.25, 0.3) is 6.08 Å². The second-order valence-electron chi connectivity index (χ2n) is 5.88. The summed E-state index contributed by atoms with van der Waals surface area (Å²) < 4.78 is 5.63. The van der Waals surface area contributed by atoms with Gasteiger partial charge in [-0.1, -0.05) is 6.07 Å². The van der Waals surface area contributed by atoms with E-state index in [4.69, 9.17) is 10.5 Å². The van der Waals surface area contributed by atoms with Crippen LogP contribution in [0.15, 0.2) is 24.3 Å². The number of likely N-dealkylation sites (N-methyl/N-ethyl adjacent to an activating group) is 2. The number of carbonyl (C=O) groups is 1. The van der Waals surface area contributed by atoms with Crippen molar-refractivity contribution in [1.29, 1.82) is 0 Å². The fourth-order valence-electron chi connectivity index (χ4n) is 1.77. The third-order valence-electron chi connectivity index (χ3n) is 3.12. The van der Waals surface area contributed by atoms with Crippen LogP contribution in [0.4, 0.5) is 5.69 Å². The maximum Gasteiger partial charge on any atom is 0.244 e. The number of ether oxygens (including phenoxy) is 1. The second kappa shape index (κ2) is 9.86. The number of carbonyl (C=O) groups excluding carboxylic acids is 1. The minimum atomic E-state index is -0.114. The molecule has 0 aliphatic heterocycles. The van der Waals surface area contributed by atoms with E-state index in [1.807, 2.05) is 50.1 Å². The highest BCUT2D eigenvalue weighted by atomic mass is 16.5. The minimum Gasteiger partial charge on any atom is -0.490 e. The number of anilines is 1. The fourth-order valence-corrected chi connectivity index (χ4v) is 1.77. The van der Waals surface area contributed by atoms with Gasteiger partial charge >= 0.3 is 0 Å². The van der Waals surface area contributed by atoms with Crippen LogP contribution in [0.3, 0.4) is 0 Å². The van der Waals surface area contributed by atoms with Crippen molar-refractivity contribution in [3.8, 4) is 5.75 Å². The molecule has 6 nitrogen and oxygen atoms in total. The highest BCUT2D eigenvalue weighted by molar-refractivity contribution is 5.91. The molecule has 0 fully saturated rings. The van der Waals surface area contributed by atoms with Gasteiger partial charge in [0, 0.05) is 25.7 Å². The SMILES string of the molecule is CN(C)CCNC(=O)/C=C\c1ccc(OCCN(C)C)c(N)c1.